The number of ether oxygens (including phenoxy) is 1. The molecule has 108 valence electrons. The van der Waals surface area contributed by atoms with E-state index < -0.39 is 0 Å². The summed E-state index contributed by atoms with van der Waals surface area (Å²) in [6.07, 6.45) is 2.42. The van der Waals surface area contributed by atoms with Crippen molar-refractivity contribution in [3.05, 3.63) is 34.8 Å². The van der Waals surface area contributed by atoms with Crippen LogP contribution in [-0.4, -0.2) is 24.0 Å². The molecule has 1 aliphatic carbocycles. The SMILES string of the molecule is O=C(Nc1nc(C2CC2)cs1)c1cccc2c1OCCN2. The fourth-order valence-electron chi connectivity index (χ4n) is 2.42. The maximum absolute atomic E-state index is 12.4. The average molecular weight is 301 g/mol. The number of anilines is 2. The highest BCUT2D eigenvalue weighted by molar-refractivity contribution is 7.14. The Morgan fingerprint density at radius 2 is 2.33 bits per heavy atom. The van der Waals surface area contributed by atoms with E-state index in [1.165, 1.54) is 24.2 Å². The zero-order valence-corrected chi connectivity index (χ0v) is 12.2. The van der Waals surface area contributed by atoms with Crippen LogP contribution in [0.1, 0.15) is 34.8 Å². The van der Waals surface area contributed by atoms with Gasteiger partial charge in [-0.1, -0.05) is 6.07 Å². The van der Waals surface area contributed by atoms with E-state index in [9.17, 15) is 4.79 Å². The molecule has 0 saturated heterocycles. The van der Waals surface area contributed by atoms with Crippen molar-refractivity contribution in [2.75, 3.05) is 23.8 Å². The number of rotatable bonds is 3. The molecule has 2 N–H and O–H groups in total. The molecule has 6 heteroatoms. The topological polar surface area (TPSA) is 63.2 Å². The molecule has 4 rings (SSSR count). The molecule has 0 spiro atoms. The van der Waals surface area contributed by atoms with E-state index in [0.717, 1.165) is 17.9 Å². The molecule has 1 amide bonds. The normalized spacial score (nSPS) is 16.6. The molecule has 0 bridgehead atoms. The lowest BCUT2D eigenvalue weighted by molar-refractivity contribution is 0.102. The zero-order valence-electron chi connectivity index (χ0n) is 11.4. The second-order valence-electron chi connectivity index (χ2n) is 5.26. The summed E-state index contributed by atoms with van der Waals surface area (Å²) in [5.41, 5.74) is 2.51. The maximum atomic E-state index is 12.4. The molecule has 1 fully saturated rings. The molecular weight excluding hydrogens is 286 g/mol. The van der Waals surface area contributed by atoms with Gasteiger partial charge in [-0.3, -0.25) is 10.1 Å². The molecule has 1 aliphatic heterocycles. The Hall–Kier alpha value is -2.08. The van der Waals surface area contributed by atoms with Crippen LogP contribution in [0, 0.1) is 0 Å². The molecule has 21 heavy (non-hydrogen) atoms. The van der Waals surface area contributed by atoms with Crippen molar-refractivity contribution in [1.82, 2.24) is 4.98 Å². The third-order valence-corrected chi connectivity index (χ3v) is 4.44. The Labute approximate surface area is 126 Å². The number of benzene rings is 1. The Morgan fingerprint density at radius 1 is 1.43 bits per heavy atom. The van der Waals surface area contributed by atoms with Gasteiger partial charge in [0.25, 0.3) is 5.91 Å². The first-order valence-electron chi connectivity index (χ1n) is 7.08. The summed E-state index contributed by atoms with van der Waals surface area (Å²) in [7, 11) is 0. The van der Waals surface area contributed by atoms with E-state index in [2.05, 4.69) is 15.6 Å². The first-order chi connectivity index (χ1) is 10.3. The Bertz CT molecular complexity index is 694. The van der Waals surface area contributed by atoms with Crippen LogP contribution in [0.4, 0.5) is 10.8 Å². The number of para-hydroxylation sites is 1. The molecular formula is C15H15N3O2S. The summed E-state index contributed by atoms with van der Waals surface area (Å²) < 4.78 is 5.63. The number of amides is 1. The second kappa shape index (κ2) is 5.04. The van der Waals surface area contributed by atoms with Gasteiger partial charge in [-0.05, 0) is 25.0 Å². The van der Waals surface area contributed by atoms with Crippen LogP contribution in [-0.2, 0) is 0 Å². The van der Waals surface area contributed by atoms with E-state index in [1.807, 2.05) is 17.5 Å². The molecule has 2 aromatic rings. The Balaban J connectivity index is 1.56. The largest absolute Gasteiger partial charge is 0.489 e. The van der Waals surface area contributed by atoms with Crippen molar-refractivity contribution in [2.24, 2.45) is 0 Å². The fourth-order valence-corrected chi connectivity index (χ4v) is 3.21. The van der Waals surface area contributed by atoms with Crippen molar-refractivity contribution in [3.63, 3.8) is 0 Å². The third kappa shape index (κ3) is 2.47. The van der Waals surface area contributed by atoms with Crippen molar-refractivity contribution >= 4 is 28.1 Å². The van der Waals surface area contributed by atoms with Crippen molar-refractivity contribution in [2.45, 2.75) is 18.8 Å². The smallest absolute Gasteiger partial charge is 0.261 e. The van der Waals surface area contributed by atoms with Gasteiger partial charge in [-0.2, -0.15) is 0 Å². The van der Waals surface area contributed by atoms with Gasteiger partial charge in [-0.25, -0.2) is 4.98 Å². The van der Waals surface area contributed by atoms with Gasteiger partial charge in [0.1, 0.15) is 6.61 Å². The van der Waals surface area contributed by atoms with Crippen LogP contribution < -0.4 is 15.4 Å². The molecule has 1 saturated carbocycles. The fraction of sp³-hybridized carbons (Fsp3) is 0.333. The number of hydrogen-bond acceptors (Lipinski definition) is 5. The van der Waals surface area contributed by atoms with Gasteiger partial charge in [0.05, 0.1) is 16.9 Å². The number of hydrogen-bond donors (Lipinski definition) is 2. The van der Waals surface area contributed by atoms with Crippen molar-refractivity contribution in [1.29, 1.82) is 0 Å². The predicted molar refractivity (Wildman–Crippen MR) is 82.5 cm³/mol. The average Bonchev–Trinajstić information content (AvgIpc) is 3.27. The number of thiazole rings is 1. The van der Waals surface area contributed by atoms with Crippen molar-refractivity contribution in [3.8, 4) is 5.75 Å². The lowest BCUT2D eigenvalue weighted by Crippen LogP contribution is -2.21. The Morgan fingerprint density at radius 3 is 3.19 bits per heavy atom. The maximum Gasteiger partial charge on any atom is 0.261 e. The van der Waals surface area contributed by atoms with Gasteiger partial charge in [0.2, 0.25) is 0 Å². The number of nitrogens with one attached hydrogen (secondary N) is 2. The van der Waals surface area contributed by atoms with Crippen LogP contribution in [0.2, 0.25) is 0 Å². The van der Waals surface area contributed by atoms with Gasteiger partial charge < -0.3 is 10.1 Å². The molecule has 1 aromatic heterocycles. The Kier molecular flexibility index (Phi) is 3.03. The molecule has 5 nitrogen and oxygen atoms in total. The first kappa shape index (κ1) is 12.6. The zero-order chi connectivity index (χ0) is 14.2. The molecule has 2 aliphatic rings. The molecule has 2 heterocycles. The van der Waals surface area contributed by atoms with Crippen LogP contribution in [0.3, 0.4) is 0 Å². The standard InChI is InChI=1S/C15H15N3O2S/c19-14(18-15-17-12(8-21-15)9-4-5-9)10-2-1-3-11-13(10)20-7-6-16-11/h1-3,8-9,16H,4-7H2,(H,17,18,19). The van der Waals surface area contributed by atoms with Crippen LogP contribution in [0.25, 0.3) is 0 Å². The third-order valence-electron chi connectivity index (χ3n) is 3.66. The van der Waals surface area contributed by atoms with Crippen molar-refractivity contribution < 1.29 is 9.53 Å². The summed E-state index contributed by atoms with van der Waals surface area (Å²) in [6, 6.07) is 5.54. The first-order valence-corrected chi connectivity index (χ1v) is 7.96. The molecule has 1 aromatic carbocycles. The summed E-state index contributed by atoms with van der Waals surface area (Å²) in [5.74, 6) is 1.05. The van der Waals surface area contributed by atoms with Gasteiger partial charge in [0, 0.05) is 17.8 Å². The minimum Gasteiger partial charge on any atom is -0.489 e. The molecule has 0 unspecified atom stereocenters. The second-order valence-corrected chi connectivity index (χ2v) is 6.12. The summed E-state index contributed by atoms with van der Waals surface area (Å²) in [6.45, 7) is 1.33. The summed E-state index contributed by atoms with van der Waals surface area (Å²) in [4.78, 5) is 16.9. The van der Waals surface area contributed by atoms with E-state index in [4.69, 9.17) is 4.74 Å². The van der Waals surface area contributed by atoms with Gasteiger partial charge in [0.15, 0.2) is 10.9 Å². The van der Waals surface area contributed by atoms with Crippen LogP contribution in [0.5, 0.6) is 5.75 Å². The number of aromatic nitrogens is 1. The van der Waals surface area contributed by atoms with Crippen LogP contribution >= 0.6 is 11.3 Å². The minimum atomic E-state index is -0.174. The highest BCUT2D eigenvalue weighted by Crippen LogP contribution is 2.41. The number of carbonyl (C=O) groups excluding carboxylic acids is 1. The van der Waals surface area contributed by atoms with E-state index >= 15 is 0 Å². The predicted octanol–water partition coefficient (Wildman–Crippen LogP) is 3.08. The summed E-state index contributed by atoms with van der Waals surface area (Å²) >= 11 is 1.48. The minimum absolute atomic E-state index is 0.174. The van der Waals surface area contributed by atoms with E-state index in [1.54, 1.807) is 6.07 Å². The highest BCUT2D eigenvalue weighted by Gasteiger charge is 2.26. The lowest BCUT2D eigenvalue weighted by Gasteiger charge is -2.21. The quantitative estimate of drug-likeness (QED) is 0.914. The van der Waals surface area contributed by atoms with Crippen LogP contribution in [0.15, 0.2) is 23.6 Å². The summed E-state index contributed by atoms with van der Waals surface area (Å²) in [5, 5.41) is 8.79. The van der Waals surface area contributed by atoms with E-state index in [-0.39, 0.29) is 5.91 Å². The molecule has 0 radical (unpaired) electrons. The van der Waals surface area contributed by atoms with Gasteiger partial charge >= 0.3 is 0 Å². The lowest BCUT2D eigenvalue weighted by atomic mass is 10.1. The van der Waals surface area contributed by atoms with Gasteiger partial charge in [-0.15, -0.1) is 11.3 Å². The number of carbonyl (C=O) groups is 1. The number of nitrogens with zero attached hydrogens (tertiary/aromatic N) is 1. The number of fused-ring (bicyclic) bond motifs is 1. The molecule has 0 atom stereocenters. The van der Waals surface area contributed by atoms with E-state index in [0.29, 0.717) is 29.0 Å². The highest BCUT2D eigenvalue weighted by atomic mass is 32.1. The monoisotopic (exact) mass is 301 g/mol.